The van der Waals surface area contributed by atoms with Gasteiger partial charge in [0.05, 0.1) is 5.56 Å². The van der Waals surface area contributed by atoms with Crippen LogP contribution in [-0.2, 0) is 0 Å². The molecule has 2 aromatic rings. The maximum absolute atomic E-state index is 12.3. The van der Waals surface area contributed by atoms with Crippen LogP contribution in [-0.4, -0.2) is 10.8 Å². The van der Waals surface area contributed by atoms with Crippen molar-refractivity contribution in [3.8, 4) is 5.75 Å². The van der Waals surface area contributed by atoms with Gasteiger partial charge in [0.25, 0.3) is 0 Å². The summed E-state index contributed by atoms with van der Waals surface area (Å²) in [5, 5.41) is 0. The number of ketones is 1. The lowest BCUT2D eigenvalue weighted by molar-refractivity contribution is 0.101. The van der Waals surface area contributed by atoms with Crippen LogP contribution in [0, 0.1) is 13.8 Å². The van der Waals surface area contributed by atoms with E-state index in [1.54, 1.807) is 18.5 Å². The van der Waals surface area contributed by atoms with Crippen LogP contribution in [0.25, 0.3) is 6.08 Å². The highest BCUT2D eigenvalue weighted by atomic mass is 16.5. The lowest BCUT2D eigenvalue weighted by atomic mass is 10.0. The number of carbonyl (C=O) groups is 1. The van der Waals surface area contributed by atoms with Gasteiger partial charge in [0, 0.05) is 12.4 Å². The van der Waals surface area contributed by atoms with Crippen LogP contribution < -0.4 is 4.74 Å². The van der Waals surface area contributed by atoms with Crippen LogP contribution in [0.4, 0.5) is 0 Å². The number of benzene rings is 1. The molecule has 0 spiro atoms. The third kappa shape index (κ3) is 2.03. The molecule has 0 saturated carbocycles. The monoisotopic (exact) mass is 251 g/mol. The SMILES string of the molecule is Cc1cc2c(cc1C)C(=O)/C(=C/c1ccncc1)O2. The maximum atomic E-state index is 12.3. The number of nitrogens with zero attached hydrogens (tertiary/aromatic N) is 1. The minimum Gasteiger partial charge on any atom is -0.452 e. The summed E-state index contributed by atoms with van der Waals surface area (Å²) in [6.07, 6.45) is 5.12. The molecule has 0 fully saturated rings. The van der Waals surface area contributed by atoms with Gasteiger partial charge in [-0.05, 0) is 60.9 Å². The average Bonchev–Trinajstić information content (AvgIpc) is 2.69. The molecule has 1 aromatic carbocycles. The number of hydrogen-bond donors (Lipinski definition) is 0. The van der Waals surface area contributed by atoms with Crippen molar-refractivity contribution in [2.75, 3.05) is 0 Å². The molecule has 0 unspecified atom stereocenters. The first-order valence-corrected chi connectivity index (χ1v) is 6.10. The molecular weight excluding hydrogens is 238 g/mol. The quantitative estimate of drug-likeness (QED) is 0.730. The highest BCUT2D eigenvalue weighted by Crippen LogP contribution is 2.33. The molecule has 19 heavy (non-hydrogen) atoms. The molecule has 1 aliphatic rings. The lowest BCUT2D eigenvalue weighted by Crippen LogP contribution is -1.98. The summed E-state index contributed by atoms with van der Waals surface area (Å²) >= 11 is 0. The Morgan fingerprint density at radius 2 is 1.79 bits per heavy atom. The Hall–Kier alpha value is -2.42. The predicted octanol–water partition coefficient (Wildman–Crippen LogP) is 3.31. The van der Waals surface area contributed by atoms with Crippen LogP contribution >= 0.6 is 0 Å². The number of hydrogen-bond acceptors (Lipinski definition) is 3. The van der Waals surface area contributed by atoms with Gasteiger partial charge < -0.3 is 4.74 Å². The third-order valence-electron chi connectivity index (χ3n) is 3.29. The van der Waals surface area contributed by atoms with Gasteiger partial charge in [-0.1, -0.05) is 0 Å². The summed E-state index contributed by atoms with van der Waals surface area (Å²) in [6.45, 7) is 4.00. The third-order valence-corrected chi connectivity index (χ3v) is 3.29. The fourth-order valence-electron chi connectivity index (χ4n) is 2.06. The Morgan fingerprint density at radius 3 is 2.53 bits per heavy atom. The molecule has 94 valence electrons. The summed E-state index contributed by atoms with van der Waals surface area (Å²) in [6, 6.07) is 7.47. The molecule has 3 heteroatoms. The topological polar surface area (TPSA) is 39.2 Å². The molecule has 3 rings (SSSR count). The van der Waals surface area contributed by atoms with Crippen LogP contribution in [0.15, 0.2) is 42.4 Å². The van der Waals surface area contributed by atoms with E-state index in [4.69, 9.17) is 4.74 Å². The second-order valence-electron chi connectivity index (χ2n) is 4.65. The largest absolute Gasteiger partial charge is 0.452 e. The van der Waals surface area contributed by atoms with Crippen LogP contribution in [0.1, 0.15) is 27.0 Å². The normalized spacial score (nSPS) is 15.5. The summed E-state index contributed by atoms with van der Waals surface area (Å²) in [4.78, 5) is 16.2. The van der Waals surface area contributed by atoms with Crippen molar-refractivity contribution in [2.45, 2.75) is 13.8 Å². The van der Waals surface area contributed by atoms with E-state index in [1.807, 2.05) is 38.1 Å². The van der Waals surface area contributed by atoms with Crippen molar-refractivity contribution < 1.29 is 9.53 Å². The van der Waals surface area contributed by atoms with Crippen LogP contribution in [0.2, 0.25) is 0 Å². The van der Waals surface area contributed by atoms with Crippen molar-refractivity contribution in [1.29, 1.82) is 0 Å². The molecule has 0 saturated heterocycles. The first kappa shape index (κ1) is 11.7. The van der Waals surface area contributed by atoms with Gasteiger partial charge in [-0.25, -0.2) is 0 Å². The molecule has 1 aromatic heterocycles. The van der Waals surface area contributed by atoms with E-state index in [1.165, 1.54) is 0 Å². The van der Waals surface area contributed by atoms with E-state index < -0.39 is 0 Å². The van der Waals surface area contributed by atoms with Gasteiger partial charge in [-0.15, -0.1) is 0 Å². The Kier molecular flexibility index (Phi) is 2.67. The fourth-order valence-corrected chi connectivity index (χ4v) is 2.06. The van der Waals surface area contributed by atoms with Gasteiger partial charge in [-0.3, -0.25) is 9.78 Å². The molecule has 3 nitrogen and oxygen atoms in total. The Morgan fingerprint density at radius 1 is 1.11 bits per heavy atom. The van der Waals surface area contributed by atoms with Gasteiger partial charge in [-0.2, -0.15) is 0 Å². The summed E-state index contributed by atoms with van der Waals surface area (Å²) in [5.41, 5.74) is 3.76. The van der Waals surface area contributed by atoms with E-state index in [0.717, 1.165) is 16.7 Å². The molecule has 0 amide bonds. The molecule has 0 atom stereocenters. The zero-order valence-electron chi connectivity index (χ0n) is 10.8. The average molecular weight is 251 g/mol. The van der Waals surface area contributed by atoms with E-state index >= 15 is 0 Å². The van der Waals surface area contributed by atoms with E-state index in [9.17, 15) is 4.79 Å². The molecule has 0 N–H and O–H groups in total. The van der Waals surface area contributed by atoms with Gasteiger partial charge in [0.1, 0.15) is 5.75 Å². The minimum atomic E-state index is -0.0603. The number of fused-ring (bicyclic) bond motifs is 1. The molecule has 2 heterocycles. The smallest absolute Gasteiger partial charge is 0.231 e. The van der Waals surface area contributed by atoms with E-state index in [2.05, 4.69) is 4.98 Å². The second kappa shape index (κ2) is 4.35. The van der Waals surface area contributed by atoms with Crippen molar-refractivity contribution >= 4 is 11.9 Å². The number of allylic oxidation sites excluding steroid dienone is 1. The standard InChI is InChI=1S/C16H13NO2/c1-10-7-13-14(8-11(10)2)19-15(16(13)18)9-12-3-5-17-6-4-12/h3-9H,1-2H3/b15-9-. The Labute approximate surface area is 111 Å². The van der Waals surface area contributed by atoms with Crippen molar-refractivity contribution in [3.05, 3.63) is 64.7 Å². The first-order chi connectivity index (χ1) is 9.15. The number of rotatable bonds is 1. The van der Waals surface area contributed by atoms with Crippen molar-refractivity contribution in [1.82, 2.24) is 4.98 Å². The van der Waals surface area contributed by atoms with Crippen molar-refractivity contribution in [3.63, 3.8) is 0 Å². The van der Waals surface area contributed by atoms with Crippen molar-refractivity contribution in [2.24, 2.45) is 0 Å². The van der Waals surface area contributed by atoms with E-state index in [0.29, 0.717) is 17.1 Å². The Balaban J connectivity index is 2.02. The predicted molar refractivity (Wildman–Crippen MR) is 73.1 cm³/mol. The summed E-state index contributed by atoms with van der Waals surface area (Å²) in [7, 11) is 0. The summed E-state index contributed by atoms with van der Waals surface area (Å²) < 4.78 is 5.65. The van der Waals surface area contributed by atoms with E-state index in [-0.39, 0.29) is 5.78 Å². The van der Waals surface area contributed by atoms with Gasteiger partial charge in [0.2, 0.25) is 5.78 Å². The number of pyridine rings is 1. The summed E-state index contributed by atoms with van der Waals surface area (Å²) in [5.74, 6) is 0.953. The van der Waals surface area contributed by atoms with Crippen LogP contribution in [0.3, 0.4) is 0 Å². The maximum Gasteiger partial charge on any atom is 0.231 e. The number of ether oxygens (including phenoxy) is 1. The molecule has 0 bridgehead atoms. The number of aromatic nitrogens is 1. The molecular formula is C16H13NO2. The zero-order valence-corrected chi connectivity index (χ0v) is 10.8. The molecule has 1 aliphatic heterocycles. The van der Waals surface area contributed by atoms with Gasteiger partial charge >= 0.3 is 0 Å². The van der Waals surface area contributed by atoms with Crippen LogP contribution in [0.5, 0.6) is 5.75 Å². The lowest BCUT2D eigenvalue weighted by Gasteiger charge is -2.02. The number of aryl methyl sites for hydroxylation is 2. The molecule has 0 aliphatic carbocycles. The number of Topliss-reactive ketones (excluding diaryl/α,β-unsaturated/α-hetero) is 1. The highest BCUT2D eigenvalue weighted by Gasteiger charge is 2.27. The van der Waals surface area contributed by atoms with Gasteiger partial charge in [0.15, 0.2) is 5.76 Å². The fraction of sp³-hybridized carbons (Fsp3) is 0.125. The molecule has 0 radical (unpaired) electrons. The zero-order chi connectivity index (χ0) is 13.4. The second-order valence-corrected chi connectivity index (χ2v) is 4.65. The minimum absolute atomic E-state index is 0.0603. The highest BCUT2D eigenvalue weighted by molar-refractivity contribution is 6.14. The first-order valence-electron chi connectivity index (χ1n) is 6.10. The Bertz CT molecular complexity index is 687. The number of carbonyl (C=O) groups excluding carboxylic acids is 1.